The summed E-state index contributed by atoms with van der Waals surface area (Å²) < 4.78 is 0. The summed E-state index contributed by atoms with van der Waals surface area (Å²) in [4.78, 5) is 4.25. The second-order valence-electron chi connectivity index (χ2n) is 3.64. The Morgan fingerprint density at radius 1 is 1.33 bits per heavy atom. The minimum Gasteiger partial charge on any atom is -0.383 e. The Labute approximate surface area is 93.7 Å². The van der Waals surface area contributed by atoms with Gasteiger partial charge in [-0.25, -0.2) is 4.98 Å². The molecule has 15 heavy (non-hydrogen) atoms. The van der Waals surface area contributed by atoms with Gasteiger partial charge in [-0.15, -0.1) is 0 Å². The van der Waals surface area contributed by atoms with E-state index in [9.17, 15) is 0 Å². The van der Waals surface area contributed by atoms with Crippen molar-refractivity contribution in [2.75, 3.05) is 17.2 Å². The normalized spacial score (nSPS) is 15.2. The van der Waals surface area contributed by atoms with Crippen molar-refractivity contribution in [3.63, 3.8) is 0 Å². The van der Waals surface area contributed by atoms with E-state index >= 15 is 0 Å². The maximum absolute atomic E-state index is 9.08. The highest BCUT2D eigenvalue weighted by Crippen LogP contribution is 2.27. The molecule has 78 valence electrons. The van der Waals surface area contributed by atoms with Crippen LogP contribution < -0.4 is 5.73 Å². The van der Waals surface area contributed by atoms with Crippen LogP contribution in [0.25, 0.3) is 0 Å². The van der Waals surface area contributed by atoms with Crippen LogP contribution in [0.2, 0.25) is 0 Å². The molecule has 1 aromatic heterocycles. The summed E-state index contributed by atoms with van der Waals surface area (Å²) in [5.74, 6) is 2.58. The van der Waals surface area contributed by atoms with Crippen molar-refractivity contribution in [2.24, 2.45) is 0 Å². The number of nitrogen functional groups attached to an aromatic ring is 1. The van der Waals surface area contributed by atoms with E-state index in [4.69, 9.17) is 11.0 Å². The van der Waals surface area contributed by atoms with Gasteiger partial charge < -0.3 is 5.73 Å². The third kappa shape index (κ3) is 1.80. The predicted molar refractivity (Wildman–Crippen MR) is 62.8 cm³/mol. The van der Waals surface area contributed by atoms with Crippen molar-refractivity contribution >= 4 is 17.6 Å². The molecule has 0 bridgehead atoms. The Kier molecular flexibility index (Phi) is 2.83. The maximum Gasteiger partial charge on any atom is 0.141 e. The molecule has 1 aromatic rings. The molecule has 0 aliphatic carbocycles. The van der Waals surface area contributed by atoms with Crippen molar-refractivity contribution in [1.82, 2.24) is 4.98 Å². The lowest BCUT2D eigenvalue weighted by molar-refractivity contribution is 1.00. The molecule has 0 fully saturated rings. The zero-order valence-corrected chi connectivity index (χ0v) is 9.52. The molecule has 0 aromatic carbocycles. The Morgan fingerprint density at radius 2 is 2.00 bits per heavy atom. The maximum atomic E-state index is 9.08. The van der Waals surface area contributed by atoms with Crippen molar-refractivity contribution in [2.45, 2.75) is 19.8 Å². The van der Waals surface area contributed by atoms with Gasteiger partial charge in [-0.1, -0.05) is 0 Å². The van der Waals surface area contributed by atoms with Crippen molar-refractivity contribution in [1.29, 1.82) is 5.26 Å². The largest absolute Gasteiger partial charge is 0.383 e. The molecule has 0 spiro atoms. The lowest BCUT2D eigenvalue weighted by Gasteiger charge is -2.11. The van der Waals surface area contributed by atoms with Crippen LogP contribution in [0, 0.1) is 18.3 Å². The highest BCUT2D eigenvalue weighted by Gasteiger charge is 2.17. The van der Waals surface area contributed by atoms with Crippen molar-refractivity contribution < 1.29 is 0 Å². The van der Waals surface area contributed by atoms with E-state index in [-0.39, 0.29) is 0 Å². The summed E-state index contributed by atoms with van der Waals surface area (Å²) in [6, 6.07) is 2.18. The van der Waals surface area contributed by atoms with Crippen LogP contribution in [-0.4, -0.2) is 16.5 Å². The summed E-state index contributed by atoms with van der Waals surface area (Å²) in [6.45, 7) is 1.98. The van der Waals surface area contributed by atoms with Gasteiger partial charge >= 0.3 is 0 Å². The molecule has 2 rings (SSSR count). The molecule has 2 heterocycles. The van der Waals surface area contributed by atoms with Gasteiger partial charge in [0.2, 0.25) is 0 Å². The SMILES string of the molecule is Cc1nc(N)c(C#N)c2c1CCSCC2. The summed E-state index contributed by atoms with van der Waals surface area (Å²) in [5, 5.41) is 9.08. The molecule has 3 nitrogen and oxygen atoms in total. The van der Waals surface area contributed by atoms with Crippen LogP contribution in [0.1, 0.15) is 22.4 Å². The number of anilines is 1. The predicted octanol–water partition coefficient (Wildman–Crippen LogP) is 1.68. The van der Waals surface area contributed by atoms with Crippen LogP contribution in [-0.2, 0) is 12.8 Å². The van der Waals surface area contributed by atoms with E-state index in [1.165, 1.54) is 5.56 Å². The van der Waals surface area contributed by atoms with Gasteiger partial charge in [0.05, 0.1) is 5.56 Å². The van der Waals surface area contributed by atoms with Crippen LogP contribution >= 0.6 is 11.8 Å². The second-order valence-corrected chi connectivity index (χ2v) is 4.86. The highest BCUT2D eigenvalue weighted by atomic mass is 32.2. The van der Waals surface area contributed by atoms with Gasteiger partial charge in [-0.3, -0.25) is 0 Å². The monoisotopic (exact) mass is 219 g/mol. The third-order valence-corrected chi connectivity index (χ3v) is 3.74. The number of fused-ring (bicyclic) bond motifs is 1. The van der Waals surface area contributed by atoms with E-state index in [0.29, 0.717) is 11.4 Å². The van der Waals surface area contributed by atoms with Gasteiger partial charge in [0.15, 0.2) is 0 Å². The Balaban J connectivity index is 2.64. The first-order chi connectivity index (χ1) is 7.24. The summed E-state index contributed by atoms with van der Waals surface area (Å²) >= 11 is 1.93. The molecule has 1 aliphatic heterocycles. The van der Waals surface area contributed by atoms with E-state index in [0.717, 1.165) is 35.6 Å². The zero-order chi connectivity index (χ0) is 10.8. The van der Waals surface area contributed by atoms with Gasteiger partial charge in [0.25, 0.3) is 0 Å². The van der Waals surface area contributed by atoms with Crippen LogP contribution in [0.3, 0.4) is 0 Å². The summed E-state index contributed by atoms with van der Waals surface area (Å²) in [5.41, 5.74) is 9.73. The topological polar surface area (TPSA) is 62.7 Å². The second kappa shape index (κ2) is 4.11. The molecule has 0 saturated heterocycles. The average molecular weight is 219 g/mol. The first kappa shape index (κ1) is 10.3. The Hall–Kier alpha value is -1.21. The zero-order valence-electron chi connectivity index (χ0n) is 8.71. The molecule has 0 atom stereocenters. The Bertz CT molecular complexity index is 434. The highest BCUT2D eigenvalue weighted by molar-refractivity contribution is 7.99. The number of nitrogens with zero attached hydrogens (tertiary/aromatic N) is 2. The number of pyridine rings is 1. The fourth-order valence-electron chi connectivity index (χ4n) is 2.01. The minimum absolute atomic E-state index is 0.389. The molecular formula is C11H13N3S. The molecular weight excluding hydrogens is 206 g/mol. The number of rotatable bonds is 0. The van der Waals surface area contributed by atoms with Gasteiger partial charge in [0, 0.05) is 5.69 Å². The number of aryl methyl sites for hydroxylation is 1. The van der Waals surface area contributed by atoms with E-state index in [2.05, 4.69) is 11.1 Å². The van der Waals surface area contributed by atoms with E-state index < -0.39 is 0 Å². The van der Waals surface area contributed by atoms with E-state index in [1.54, 1.807) is 0 Å². The lowest BCUT2D eigenvalue weighted by Crippen LogP contribution is -2.07. The first-order valence-corrected chi connectivity index (χ1v) is 6.15. The first-order valence-electron chi connectivity index (χ1n) is 4.99. The molecule has 0 unspecified atom stereocenters. The quantitative estimate of drug-likeness (QED) is 0.721. The fourth-order valence-corrected chi connectivity index (χ4v) is 2.91. The molecule has 0 saturated carbocycles. The number of aromatic nitrogens is 1. The third-order valence-electron chi connectivity index (χ3n) is 2.75. The van der Waals surface area contributed by atoms with Gasteiger partial charge in [-0.05, 0) is 42.4 Å². The van der Waals surface area contributed by atoms with Crippen LogP contribution in [0.15, 0.2) is 0 Å². The number of thioether (sulfide) groups is 1. The summed E-state index contributed by atoms with van der Waals surface area (Å²) in [7, 11) is 0. The molecule has 0 radical (unpaired) electrons. The standard InChI is InChI=1S/C11H13N3S/c1-7-8-2-4-15-5-3-9(8)10(6-12)11(13)14-7/h2-5H2,1H3,(H2,13,14). The number of nitrogens with two attached hydrogens (primary N) is 1. The fraction of sp³-hybridized carbons (Fsp3) is 0.455. The van der Waals surface area contributed by atoms with Gasteiger partial charge in [-0.2, -0.15) is 17.0 Å². The molecule has 2 N–H and O–H groups in total. The smallest absolute Gasteiger partial charge is 0.141 e. The average Bonchev–Trinajstić information content (AvgIpc) is 2.44. The van der Waals surface area contributed by atoms with Crippen molar-refractivity contribution in [3.8, 4) is 6.07 Å². The van der Waals surface area contributed by atoms with Gasteiger partial charge in [0.1, 0.15) is 11.9 Å². The minimum atomic E-state index is 0.389. The Morgan fingerprint density at radius 3 is 2.67 bits per heavy atom. The molecule has 4 heteroatoms. The lowest BCUT2D eigenvalue weighted by atomic mass is 9.97. The molecule has 0 amide bonds. The van der Waals surface area contributed by atoms with Crippen molar-refractivity contribution in [3.05, 3.63) is 22.4 Å². The van der Waals surface area contributed by atoms with E-state index in [1.807, 2.05) is 18.7 Å². The van der Waals surface area contributed by atoms with Crippen LogP contribution in [0.4, 0.5) is 5.82 Å². The number of nitriles is 1. The van der Waals surface area contributed by atoms with Crippen LogP contribution in [0.5, 0.6) is 0 Å². The number of hydrogen-bond donors (Lipinski definition) is 1. The number of hydrogen-bond acceptors (Lipinski definition) is 4. The molecule has 1 aliphatic rings. The summed E-state index contributed by atoms with van der Waals surface area (Å²) in [6.07, 6.45) is 1.95.